The standard InChI is InChI=1S/C42H30N2/c1-4-13-30(14-5-1)31-23-26-35(27-24-31)44-40-22-11-10-19-38(40)39-29-33(25-28-41(39)44)37-21-12-20-36(32-15-6-2-7-16-32)42(37)43-34-17-8-3-9-18-34/h1-29,43H. The fourth-order valence-corrected chi connectivity index (χ4v) is 6.30. The Bertz CT molecular complexity index is 2210. The average molecular weight is 563 g/mol. The molecule has 8 aromatic rings. The maximum absolute atomic E-state index is 3.77. The molecule has 0 bridgehead atoms. The van der Waals surface area contributed by atoms with Crippen molar-refractivity contribution in [2.75, 3.05) is 5.32 Å². The molecule has 0 unspecified atom stereocenters. The van der Waals surface area contributed by atoms with E-state index in [0.717, 1.165) is 17.1 Å². The van der Waals surface area contributed by atoms with Crippen molar-refractivity contribution >= 4 is 33.2 Å². The minimum atomic E-state index is 1.06. The van der Waals surface area contributed by atoms with Gasteiger partial charge < -0.3 is 9.88 Å². The monoisotopic (exact) mass is 562 g/mol. The topological polar surface area (TPSA) is 17.0 Å². The molecule has 0 spiro atoms. The van der Waals surface area contributed by atoms with E-state index in [1.165, 1.54) is 55.2 Å². The highest BCUT2D eigenvalue weighted by Crippen LogP contribution is 2.41. The van der Waals surface area contributed by atoms with Crippen LogP contribution in [0.25, 0.3) is 60.9 Å². The van der Waals surface area contributed by atoms with Crippen LogP contribution >= 0.6 is 0 Å². The first kappa shape index (κ1) is 25.8. The highest BCUT2D eigenvalue weighted by Gasteiger charge is 2.16. The number of hydrogen-bond donors (Lipinski definition) is 1. The zero-order valence-electron chi connectivity index (χ0n) is 24.2. The van der Waals surface area contributed by atoms with Crippen LogP contribution in [-0.2, 0) is 0 Å². The van der Waals surface area contributed by atoms with Crippen molar-refractivity contribution in [1.29, 1.82) is 0 Å². The summed E-state index contributed by atoms with van der Waals surface area (Å²) in [5.41, 5.74) is 12.9. The summed E-state index contributed by atoms with van der Waals surface area (Å²) in [5.74, 6) is 0. The first-order chi connectivity index (χ1) is 21.8. The molecular formula is C42H30N2. The molecule has 2 heteroatoms. The summed E-state index contributed by atoms with van der Waals surface area (Å²) >= 11 is 0. The Hall–Kier alpha value is -5.86. The van der Waals surface area contributed by atoms with Gasteiger partial charge in [-0.15, -0.1) is 0 Å². The van der Waals surface area contributed by atoms with E-state index in [-0.39, 0.29) is 0 Å². The van der Waals surface area contributed by atoms with E-state index < -0.39 is 0 Å². The van der Waals surface area contributed by atoms with Gasteiger partial charge in [-0.05, 0) is 64.7 Å². The molecule has 0 amide bonds. The fourth-order valence-electron chi connectivity index (χ4n) is 6.30. The van der Waals surface area contributed by atoms with Crippen molar-refractivity contribution in [1.82, 2.24) is 4.57 Å². The summed E-state index contributed by atoms with van der Waals surface area (Å²) < 4.78 is 2.38. The van der Waals surface area contributed by atoms with Gasteiger partial charge in [0, 0.05) is 33.3 Å². The number of hydrogen-bond acceptors (Lipinski definition) is 1. The maximum Gasteiger partial charge on any atom is 0.0543 e. The highest BCUT2D eigenvalue weighted by molar-refractivity contribution is 6.11. The first-order valence-corrected chi connectivity index (χ1v) is 15.0. The second-order valence-electron chi connectivity index (χ2n) is 11.1. The molecule has 0 saturated carbocycles. The molecule has 0 aliphatic rings. The van der Waals surface area contributed by atoms with E-state index >= 15 is 0 Å². The molecule has 0 aliphatic carbocycles. The Balaban J connectivity index is 1.29. The molecule has 7 aromatic carbocycles. The predicted molar refractivity (Wildman–Crippen MR) is 187 cm³/mol. The Kier molecular flexibility index (Phi) is 6.51. The third-order valence-corrected chi connectivity index (χ3v) is 8.41. The Morgan fingerprint density at radius 1 is 0.364 bits per heavy atom. The highest BCUT2D eigenvalue weighted by atomic mass is 15.0. The SMILES string of the molecule is c1ccc(Nc2c(-c3ccccc3)cccc2-c2ccc3c(c2)c2ccccc2n3-c2ccc(-c3ccccc3)cc2)cc1. The molecule has 0 radical (unpaired) electrons. The van der Waals surface area contributed by atoms with Crippen LogP contribution in [0.1, 0.15) is 0 Å². The number of nitrogens with zero attached hydrogens (tertiary/aromatic N) is 1. The summed E-state index contributed by atoms with van der Waals surface area (Å²) in [5, 5.41) is 6.25. The molecule has 2 nitrogen and oxygen atoms in total. The quantitative estimate of drug-likeness (QED) is 0.213. The molecule has 0 saturated heterocycles. The van der Waals surface area contributed by atoms with Gasteiger partial charge in [0.05, 0.1) is 16.7 Å². The van der Waals surface area contributed by atoms with Gasteiger partial charge in [-0.1, -0.05) is 133 Å². The maximum atomic E-state index is 3.77. The predicted octanol–water partition coefficient (Wildman–Crippen LogP) is 11.5. The molecule has 8 rings (SSSR count). The molecule has 1 N–H and O–H groups in total. The molecule has 0 aliphatic heterocycles. The normalized spacial score (nSPS) is 11.2. The lowest BCUT2D eigenvalue weighted by molar-refractivity contribution is 1.18. The number of benzene rings is 7. The molecule has 1 aromatic heterocycles. The van der Waals surface area contributed by atoms with Gasteiger partial charge in [0.1, 0.15) is 0 Å². The van der Waals surface area contributed by atoms with E-state index in [2.05, 4.69) is 180 Å². The van der Waals surface area contributed by atoms with Crippen LogP contribution in [0.2, 0.25) is 0 Å². The average Bonchev–Trinajstić information content (AvgIpc) is 3.43. The zero-order valence-corrected chi connectivity index (χ0v) is 24.2. The number of rotatable bonds is 6. The van der Waals surface area contributed by atoms with Crippen LogP contribution in [0.4, 0.5) is 11.4 Å². The minimum absolute atomic E-state index is 1.06. The van der Waals surface area contributed by atoms with Gasteiger partial charge in [0.2, 0.25) is 0 Å². The van der Waals surface area contributed by atoms with E-state index in [1.807, 2.05) is 6.07 Å². The number of para-hydroxylation sites is 3. The number of anilines is 2. The summed E-state index contributed by atoms with van der Waals surface area (Å²) in [6.07, 6.45) is 0. The number of nitrogens with one attached hydrogen (secondary N) is 1. The van der Waals surface area contributed by atoms with E-state index in [4.69, 9.17) is 0 Å². The van der Waals surface area contributed by atoms with Gasteiger partial charge in [-0.3, -0.25) is 0 Å². The summed E-state index contributed by atoms with van der Waals surface area (Å²) in [6, 6.07) is 62.7. The molecule has 208 valence electrons. The summed E-state index contributed by atoms with van der Waals surface area (Å²) in [7, 11) is 0. The molecule has 1 heterocycles. The van der Waals surface area contributed by atoms with Crippen molar-refractivity contribution in [2.45, 2.75) is 0 Å². The lowest BCUT2D eigenvalue weighted by Crippen LogP contribution is -1.97. The number of aromatic nitrogens is 1. The van der Waals surface area contributed by atoms with E-state index in [0.29, 0.717) is 0 Å². The second kappa shape index (κ2) is 11.1. The van der Waals surface area contributed by atoms with Crippen molar-refractivity contribution in [2.24, 2.45) is 0 Å². The Morgan fingerprint density at radius 3 is 1.64 bits per heavy atom. The third-order valence-electron chi connectivity index (χ3n) is 8.41. The van der Waals surface area contributed by atoms with Crippen molar-refractivity contribution < 1.29 is 0 Å². The van der Waals surface area contributed by atoms with Crippen LogP contribution in [-0.4, -0.2) is 4.57 Å². The van der Waals surface area contributed by atoms with Crippen LogP contribution in [0, 0.1) is 0 Å². The first-order valence-electron chi connectivity index (χ1n) is 15.0. The smallest absolute Gasteiger partial charge is 0.0543 e. The zero-order chi connectivity index (χ0) is 29.3. The van der Waals surface area contributed by atoms with Gasteiger partial charge in [0.15, 0.2) is 0 Å². The van der Waals surface area contributed by atoms with Crippen LogP contribution < -0.4 is 5.32 Å². The second-order valence-corrected chi connectivity index (χ2v) is 11.1. The minimum Gasteiger partial charge on any atom is -0.355 e. The van der Waals surface area contributed by atoms with Crippen LogP contribution in [0.3, 0.4) is 0 Å². The van der Waals surface area contributed by atoms with Crippen molar-refractivity contribution in [3.63, 3.8) is 0 Å². The third kappa shape index (κ3) is 4.63. The van der Waals surface area contributed by atoms with Crippen molar-refractivity contribution in [3.05, 3.63) is 176 Å². The van der Waals surface area contributed by atoms with Crippen molar-refractivity contribution in [3.8, 4) is 39.1 Å². The lowest BCUT2D eigenvalue weighted by atomic mass is 9.94. The molecule has 44 heavy (non-hydrogen) atoms. The van der Waals surface area contributed by atoms with E-state index in [1.54, 1.807) is 0 Å². The Labute approximate surface area is 257 Å². The lowest BCUT2D eigenvalue weighted by Gasteiger charge is -2.18. The van der Waals surface area contributed by atoms with Gasteiger partial charge in [0.25, 0.3) is 0 Å². The molecule has 0 atom stereocenters. The summed E-state index contributed by atoms with van der Waals surface area (Å²) in [4.78, 5) is 0. The number of fused-ring (bicyclic) bond motifs is 3. The largest absolute Gasteiger partial charge is 0.355 e. The molecule has 0 fully saturated rings. The molecular weight excluding hydrogens is 532 g/mol. The van der Waals surface area contributed by atoms with Gasteiger partial charge in [-0.2, -0.15) is 0 Å². The van der Waals surface area contributed by atoms with E-state index in [9.17, 15) is 0 Å². The Morgan fingerprint density at radius 2 is 0.909 bits per heavy atom. The fraction of sp³-hybridized carbons (Fsp3) is 0. The van der Waals surface area contributed by atoms with Gasteiger partial charge >= 0.3 is 0 Å². The summed E-state index contributed by atoms with van der Waals surface area (Å²) in [6.45, 7) is 0. The van der Waals surface area contributed by atoms with Crippen LogP contribution in [0.5, 0.6) is 0 Å². The van der Waals surface area contributed by atoms with Crippen LogP contribution in [0.15, 0.2) is 176 Å². The van der Waals surface area contributed by atoms with Gasteiger partial charge in [-0.25, -0.2) is 0 Å².